The van der Waals surface area contributed by atoms with Crippen LogP contribution in [0.15, 0.2) is 6.07 Å². The molecule has 0 aliphatic heterocycles. The van der Waals surface area contributed by atoms with E-state index in [9.17, 15) is 4.79 Å². The number of amides is 1. The minimum atomic E-state index is -0.437. The van der Waals surface area contributed by atoms with Crippen LogP contribution >= 0.6 is 0 Å². The monoisotopic (exact) mass is 267 g/mol. The van der Waals surface area contributed by atoms with Gasteiger partial charge in [-0.2, -0.15) is 0 Å². The topological polar surface area (TPSA) is 102 Å². The molecule has 0 bridgehead atoms. The fourth-order valence-corrected chi connectivity index (χ4v) is 1.37. The Morgan fingerprint density at radius 2 is 2.00 bits per heavy atom. The van der Waals surface area contributed by atoms with Crippen LogP contribution in [0.3, 0.4) is 0 Å². The normalized spacial score (nSPS) is 10.2. The Labute approximate surface area is 113 Å². The highest BCUT2D eigenvalue weighted by atomic mass is 16.5. The number of nitrogens with two attached hydrogens (primary N) is 1. The number of hydrogen-bond acceptors (Lipinski definition) is 6. The second kappa shape index (κ2) is 8.25. The second-order valence-corrected chi connectivity index (χ2v) is 3.94. The van der Waals surface area contributed by atoms with E-state index in [1.807, 2.05) is 6.92 Å². The van der Waals surface area contributed by atoms with Crippen molar-refractivity contribution in [3.05, 3.63) is 11.9 Å². The molecule has 0 unspecified atom stereocenters. The molecular weight excluding hydrogens is 246 g/mol. The van der Waals surface area contributed by atoms with E-state index >= 15 is 0 Å². The molecule has 4 N–H and O–H groups in total. The number of nitrogens with one attached hydrogen (secondary N) is 2. The lowest BCUT2D eigenvalue weighted by atomic mass is 10.4. The van der Waals surface area contributed by atoms with E-state index in [2.05, 4.69) is 27.5 Å². The van der Waals surface area contributed by atoms with Crippen LogP contribution < -0.4 is 16.4 Å². The van der Waals surface area contributed by atoms with Crippen LogP contribution in [-0.4, -0.2) is 35.6 Å². The molecule has 0 radical (unpaired) electrons. The third kappa shape index (κ3) is 6.01. The molecule has 0 fully saturated rings. The van der Waals surface area contributed by atoms with Crippen molar-refractivity contribution >= 4 is 17.5 Å². The number of carbonyl (C=O) groups is 1. The molecule has 1 aromatic rings. The molecule has 0 saturated carbocycles. The van der Waals surface area contributed by atoms with Crippen molar-refractivity contribution in [1.29, 1.82) is 0 Å². The number of ether oxygens (including phenoxy) is 1. The molecule has 1 rings (SSSR count). The number of nitrogens with zero attached hydrogens (tertiary/aromatic N) is 2. The molecular formula is C12H21N5O2. The first-order valence-electron chi connectivity index (χ1n) is 6.37. The largest absolute Gasteiger partial charge is 0.374 e. The van der Waals surface area contributed by atoms with E-state index in [4.69, 9.17) is 10.5 Å². The van der Waals surface area contributed by atoms with E-state index in [0.29, 0.717) is 30.7 Å². The van der Waals surface area contributed by atoms with Crippen molar-refractivity contribution in [3.8, 4) is 0 Å². The molecule has 0 aromatic carbocycles. The van der Waals surface area contributed by atoms with Gasteiger partial charge in [0.05, 0.1) is 6.54 Å². The van der Waals surface area contributed by atoms with Crippen LogP contribution in [-0.2, 0) is 16.1 Å². The first-order chi connectivity index (χ1) is 9.15. The Bertz CT molecular complexity index is 385. The standard InChI is InChI=1S/C12H21N5O2/c1-3-5-14-10-6-11(15-7-9(13)18)17-12(16-10)8-19-4-2/h6H,3-5,7-8H2,1-2H3,(H2,13,18)(H2,14,15,16,17). The number of carbonyl (C=O) groups excluding carboxylic acids is 1. The zero-order valence-corrected chi connectivity index (χ0v) is 11.4. The van der Waals surface area contributed by atoms with Crippen molar-refractivity contribution in [3.63, 3.8) is 0 Å². The van der Waals surface area contributed by atoms with E-state index in [0.717, 1.165) is 13.0 Å². The van der Waals surface area contributed by atoms with Crippen molar-refractivity contribution in [1.82, 2.24) is 9.97 Å². The molecule has 7 heteroatoms. The van der Waals surface area contributed by atoms with Crippen molar-refractivity contribution in [2.45, 2.75) is 26.9 Å². The van der Waals surface area contributed by atoms with Crippen molar-refractivity contribution in [2.75, 3.05) is 30.3 Å². The summed E-state index contributed by atoms with van der Waals surface area (Å²) in [6.45, 7) is 5.77. The molecule has 19 heavy (non-hydrogen) atoms. The SMILES string of the molecule is CCCNc1cc(NCC(N)=O)nc(COCC)n1. The lowest BCUT2D eigenvalue weighted by Crippen LogP contribution is -2.22. The molecule has 0 saturated heterocycles. The molecule has 0 aliphatic rings. The number of primary amides is 1. The van der Waals surface area contributed by atoms with Gasteiger partial charge in [-0.05, 0) is 13.3 Å². The number of hydrogen-bond donors (Lipinski definition) is 3. The summed E-state index contributed by atoms with van der Waals surface area (Å²) in [5.41, 5.74) is 5.09. The average molecular weight is 267 g/mol. The molecule has 106 valence electrons. The predicted molar refractivity (Wildman–Crippen MR) is 73.8 cm³/mol. The van der Waals surface area contributed by atoms with Gasteiger partial charge in [-0.3, -0.25) is 4.79 Å². The van der Waals surface area contributed by atoms with Crippen LogP contribution in [0.5, 0.6) is 0 Å². The number of aromatic nitrogens is 2. The van der Waals surface area contributed by atoms with Gasteiger partial charge in [-0.15, -0.1) is 0 Å². The lowest BCUT2D eigenvalue weighted by molar-refractivity contribution is -0.116. The molecule has 0 spiro atoms. The maximum atomic E-state index is 10.8. The van der Waals surface area contributed by atoms with Gasteiger partial charge in [-0.1, -0.05) is 6.92 Å². The summed E-state index contributed by atoms with van der Waals surface area (Å²) in [5.74, 6) is 1.39. The van der Waals surface area contributed by atoms with E-state index < -0.39 is 5.91 Å². The molecule has 1 amide bonds. The van der Waals surface area contributed by atoms with Crippen LogP contribution in [0.1, 0.15) is 26.1 Å². The van der Waals surface area contributed by atoms with Gasteiger partial charge >= 0.3 is 0 Å². The maximum absolute atomic E-state index is 10.8. The first-order valence-corrected chi connectivity index (χ1v) is 6.37. The van der Waals surface area contributed by atoms with Gasteiger partial charge in [0.15, 0.2) is 5.82 Å². The third-order valence-corrected chi connectivity index (χ3v) is 2.21. The van der Waals surface area contributed by atoms with Crippen LogP contribution in [0.4, 0.5) is 11.6 Å². The first kappa shape index (κ1) is 15.2. The Kier molecular flexibility index (Phi) is 6.59. The number of rotatable bonds is 9. The molecule has 0 aliphatic carbocycles. The predicted octanol–water partition coefficient (Wildman–Crippen LogP) is 0.732. The smallest absolute Gasteiger partial charge is 0.236 e. The van der Waals surface area contributed by atoms with Gasteiger partial charge in [-0.25, -0.2) is 9.97 Å². The highest BCUT2D eigenvalue weighted by molar-refractivity contribution is 5.78. The molecule has 0 atom stereocenters. The second-order valence-electron chi connectivity index (χ2n) is 3.94. The van der Waals surface area contributed by atoms with E-state index in [1.54, 1.807) is 6.07 Å². The summed E-state index contributed by atoms with van der Waals surface area (Å²) in [5, 5.41) is 6.03. The summed E-state index contributed by atoms with van der Waals surface area (Å²) in [7, 11) is 0. The van der Waals surface area contributed by atoms with Crippen molar-refractivity contribution < 1.29 is 9.53 Å². The average Bonchev–Trinajstić information content (AvgIpc) is 2.40. The fraction of sp³-hybridized carbons (Fsp3) is 0.583. The van der Waals surface area contributed by atoms with Crippen molar-refractivity contribution in [2.24, 2.45) is 5.73 Å². The Balaban J connectivity index is 2.78. The van der Waals surface area contributed by atoms with Gasteiger partial charge in [0.1, 0.15) is 18.2 Å². The summed E-state index contributed by atoms with van der Waals surface area (Å²) in [6, 6.07) is 1.74. The van der Waals surface area contributed by atoms with Gasteiger partial charge in [0.2, 0.25) is 5.91 Å². The van der Waals surface area contributed by atoms with Crippen LogP contribution in [0.25, 0.3) is 0 Å². The van der Waals surface area contributed by atoms with E-state index in [1.165, 1.54) is 0 Å². The Morgan fingerprint density at radius 1 is 1.32 bits per heavy atom. The minimum Gasteiger partial charge on any atom is -0.374 e. The summed E-state index contributed by atoms with van der Waals surface area (Å²) in [4.78, 5) is 19.4. The maximum Gasteiger partial charge on any atom is 0.236 e. The zero-order valence-electron chi connectivity index (χ0n) is 11.4. The zero-order chi connectivity index (χ0) is 14.1. The molecule has 1 heterocycles. The highest BCUT2D eigenvalue weighted by Gasteiger charge is 2.05. The summed E-state index contributed by atoms with van der Waals surface area (Å²) >= 11 is 0. The van der Waals surface area contributed by atoms with Crippen LogP contribution in [0.2, 0.25) is 0 Å². The summed E-state index contributed by atoms with van der Waals surface area (Å²) in [6.07, 6.45) is 0.995. The highest BCUT2D eigenvalue weighted by Crippen LogP contribution is 2.12. The Morgan fingerprint density at radius 3 is 2.58 bits per heavy atom. The summed E-state index contributed by atoms with van der Waals surface area (Å²) < 4.78 is 5.29. The minimum absolute atomic E-state index is 0.0400. The third-order valence-electron chi connectivity index (χ3n) is 2.21. The fourth-order valence-electron chi connectivity index (χ4n) is 1.37. The molecule has 1 aromatic heterocycles. The van der Waals surface area contributed by atoms with Gasteiger partial charge in [0, 0.05) is 19.2 Å². The number of anilines is 2. The van der Waals surface area contributed by atoms with E-state index in [-0.39, 0.29) is 6.54 Å². The van der Waals surface area contributed by atoms with Gasteiger partial charge < -0.3 is 21.1 Å². The lowest BCUT2D eigenvalue weighted by Gasteiger charge is -2.10. The quantitative estimate of drug-likeness (QED) is 0.609. The molecule has 7 nitrogen and oxygen atoms in total. The Hall–Kier alpha value is -1.89. The van der Waals surface area contributed by atoms with Gasteiger partial charge in [0.25, 0.3) is 0 Å². The van der Waals surface area contributed by atoms with Crippen LogP contribution in [0, 0.1) is 0 Å².